The van der Waals surface area contributed by atoms with Crippen molar-refractivity contribution in [2.75, 3.05) is 25.5 Å². The lowest BCUT2D eigenvalue weighted by atomic mass is 10.2. The highest BCUT2D eigenvalue weighted by atomic mass is 35.5. The molecule has 0 heterocycles. The fraction of sp³-hybridized carbons (Fsp3) is 0.462. The van der Waals surface area contributed by atoms with Gasteiger partial charge in [-0.2, -0.15) is 8.42 Å². The Balaban J connectivity index is 2.61. The maximum Gasteiger partial charge on any atom is 0.276 e. The second-order valence-corrected chi connectivity index (χ2v) is 6.49. The lowest BCUT2D eigenvalue weighted by Crippen LogP contribution is -2.37. The van der Waals surface area contributed by atoms with Crippen molar-refractivity contribution < 1.29 is 17.9 Å². The standard InChI is InChI=1S/C13H20ClN3O4S/c1-4-15-22(19,20)16-6-5-13(18)17-11-7-9(2)10(14)8-12(11)21-3/h7-8,15-16H,4-6H2,1-3H3,(H,17,18). The summed E-state index contributed by atoms with van der Waals surface area (Å²) in [6, 6.07) is 3.31. The number of anilines is 1. The molecule has 1 rings (SSSR count). The van der Waals surface area contributed by atoms with Gasteiger partial charge in [0, 0.05) is 30.6 Å². The predicted molar refractivity (Wildman–Crippen MR) is 86.6 cm³/mol. The van der Waals surface area contributed by atoms with Gasteiger partial charge in [-0.25, -0.2) is 9.44 Å². The second kappa shape index (κ2) is 8.33. The van der Waals surface area contributed by atoms with Crippen molar-refractivity contribution in [3.63, 3.8) is 0 Å². The Morgan fingerprint density at radius 3 is 2.59 bits per heavy atom. The zero-order valence-electron chi connectivity index (χ0n) is 12.7. The highest BCUT2D eigenvalue weighted by molar-refractivity contribution is 7.87. The Labute approximate surface area is 135 Å². The maximum absolute atomic E-state index is 11.9. The molecule has 0 radical (unpaired) electrons. The Morgan fingerprint density at radius 2 is 2.00 bits per heavy atom. The van der Waals surface area contributed by atoms with E-state index in [0.717, 1.165) is 5.56 Å². The third-order valence-electron chi connectivity index (χ3n) is 2.73. The van der Waals surface area contributed by atoms with Crippen molar-refractivity contribution in [3.05, 3.63) is 22.7 Å². The fourth-order valence-corrected chi connectivity index (χ4v) is 2.69. The van der Waals surface area contributed by atoms with Gasteiger partial charge in [-0.15, -0.1) is 0 Å². The van der Waals surface area contributed by atoms with Crippen LogP contribution in [0.3, 0.4) is 0 Å². The van der Waals surface area contributed by atoms with Crippen molar-refractivity contribution in [2.24, 2.45) is 0 Å². The summed E-state index contributed by atoms with van der Waals surface area (Å²) in [6.45, 7) is 3.75. The highest BCUT2D eigenvalue weighted by Gasteiger charge is 2.12. The number of hydrogen-bond acceptors (Lipinski definition) is 4. The highest BCUT2D eigenvalue weighted by Crippen LogP contribution is 2.30. The van der Waals surface area contributed by atoms with E-state index in [0.29, 0.717) is 16.5 Å². The van der Waals surface area contributed by atoms with Crippen LogP contribution >= 0.6 is 11.6 Å². The number of carbonyl (C=O) groups excluding carboxylic acids is 1. The third-order valence-corrected chi connectivity index (χ3v) is 4.39. The Hall–Kier alpha value is -1.35. The quantitative estimate of drug-likeness (QED) is 0.661. The molecular weight excluding hydrogens is 330 g/mol. The number of ether oxygens (including phenoxy) is 1. The Morgan fingerprint density at radius 1 is 1.32 bits per heavy atom. The van der Waals surface area contributed by atoms with Crippen molar-refractivity contribution in [3.8, 4) is 5.75 Å². The number of halogens is 1. The monoisotopic (exact) mass is 349 g/mol. The molecule has 1 aromatic rings. The van der Waals surface area contributed by atoms with Gasteiger partial charge >= 0.3 is 0 Å². The average Bonchev–Trinajstić information content (AvgIpc) is 2.42. The van der Waals surface area contributed by atoms with E-state index in [2.05, 4.69) is 14.8 Å². The second-order valence-electron chi connectivity index (χ2n) is 4.50. The zero-order chi connectivity index (χ0) is 16.8. The summed E-state index contributed by atoms with van der Waals surface area (Å²) in [4.78, 5) is 11.9. The number of rotatable bonds is 8. The number of nitrogens with one attached hydrogen (secondary N) is 3. The van der Waals surface area contributed by atoms with E-state index in [9.17, 15) is 13.2 Å². The molecule has 1 aromatic carbocycles. The van der Waals surface area contributed by atoms with Crippen LogP contribution in [0.4, 0.5) is 5.69 Å². The van der Waals surface area contributed by atoms with Crippen LogP contribution in [-0.4, -0.2) is 34.5 Å². The van der Waals surface area contributed by atoms with Gasteiger partial charge in [0.2, 0.25) is 5.91 Å². The molecule has 0 atom stereocenters. The molecule has 0 saturated heterocycles. The number of aryl methyl sites for hydroxylation is 1. The normalized spacial score (nSPS) is 11.3. The van der Waals surface area contributed by atoms with Gasteiger partial charge in [-0.05, 0) is 18.6 Å². The van der Waals surface area contributed by atoms with E-state index < -0.39 is 10.2 Å². The first-order valence-electron chi connectivity index (χ1n) is 6.67. The van der Waals surface area contributed by atoms with Gasteiger partial charge in [-0.3, -0.25) is 4.79 Å². The first-order chi connectivity index (χ1) is 10.3. The lowest BCUT2D eigenvalue weighted by Gasteiger charge is -2.12. The van der Waals surface area contributed by atoms with Crippen LogP contribution in [0.15, 0.2) is 12.1 Å². The number of amides is 1. The number of methoxy groups -OCH3 is 1. The molecule has 0 bridgehead atoms. The van der Waals surface area contributed by atoms with E-state index in [1.807, 2.05) is 6.92 Å². The number of hydrogen-bond donors (Lipinski definition) is 3. The molecule has 3 N–H and O–H groups in total. The van der Waals surface area contributed by atoms with Gasteiger partial charge in [0.1, 0.15) is 5.75 Å². The van der Waals surface area contributed by atoms with Crippen molar-refractivity contribution in [1.82, 2.24) is 9.44 Å². The van der Waals surface area contributed by atoms with E-state index in [1.54, 1.807) is 19.1 Å². The summed E-state index contributed by atoms with van der Waals surface area (Å²) in [5, 5.41) is 3.21. The molecule has 0 unspecified atom stereocenters. The van der Waals surface area contributed by atoms with Crippen LogP contribution < -0.4 is 19.5 Å². The summed E-state index contributed by atoms with van der Waals surface area (Å²) in [7, 11) is -2.07. The van der Waals surface area contributed by atoms with Gasteiger partial charge in [-0.1, -0.05) is 18.5 Å². The molecule has 22 heavy (non-hydrogen) atoms. The van der Waals surface area contributed by atoms with Crippen LogP contribution in [0.25, 0.3) is 0 Å². The molecule has 0 saturated carbocycles. The van der Waals surface area contributed by atoms with E-state index >= 15 is 0 Å². The summed E-state index contributed by atoms with van der Waals surface area (Å²) in [5.41, 5.74) is 1.29. The third kappa shape index (κ3) is 5.80. The largest absolute Gasteiger partial charge is 0.495 e. The maximum atomic E-state index is 11.9. The first kappa shape index (κ1) is 18.7. The number of benzene rings is 1. The van der Waals surface area contributed by atoms with Crippen molar-refractivity contribution in [1.29, 1.82) is 0 Å². The summed E-state index contributed by atoms with van der Waals surface area (Å²) in [6.07, 6.45) is -0.00451. The van der Waals surface area contributed by atoms with Gasteiger partial charge in [0.15, 0.2) is 0 Å². The van der Waals surface area contributed by atoms with Crippen LogP contribution in [0.1, 0.15) is 18.9 Å². The minimum absolute atomic E-state index is 0.00391. The molecule has 0 aliphatic rings. The van der Waals surface area contributed by atoms with Gasteiger partial charge < -0.3 is 10.1 Å². The molecule has 9 heteroatoms. The fourth-order valence-electron chi connectivity index (χ4n) is 1.68. The van der Waals surface area contributed by atoms with Gasteiger partial charge in [0.05, 0.1) is 12.8 Å². The molecule has 124 valence electrons. The topological polar surface area (TPSA) is 96.5 Å². The molecule has 0 spiro atoms. The zero-order valence-corrected chi connectivity index (χ0v) is 14.3. The Kier molecular flexibility index (Phi) is 7.08. The molecule has 0 aromatic heterocycles. The first-order valence-corrected chi connectivity index (χ1v) is 8.53. The molecule has 0 aliphatic heterocycles. The summed E-state index contributed by atoms with van der Waals surface area (Å²) in [5.74, 6) is 0.108. The van der Waals surface area contributed by atoms with E-state index in [1.165, 1.54) is 7.11 Å². The predicted octanol–water partition coefficient (Wildman–Crippen LogP) is 1.43. The van der Waals surface area contributed by atoms with Crippen LogP contribution in [0.2, 0.25) is 5.02 Å². The minimum Gasteiger partial charge on any atom is -0.495 e. The molecule has 0 fully saturated rings. The van der Waals surface area contributed by atoms with Crippen LogP contribution in [0.5, 0.6) is 5.75 Å². The summed E-state index contributed by atoms with van der Waals surface area (Å²) >= 11 is 5.99. The molecule has 1 amide bonds. The molecular formula is C13H20ClN3O4S. The van der Waals surface area contributed by atoms with E-state index in [4.69, 9.17) is 16.3 Å². The smallest absolute Gasteiger partial charge is 0.276 e. The molecule has 7 nitrogen and oxygen atoms in total. The minimum atomic E-state index is -3.55. The summed E-state index contributed by atoms with van der Waals surface area (Å²) < 4.78 is 32.4. The Bertz CT molecular complexity index is 634. The average molecular weight is 350 g/mol. The lowest BCUT2D eigenvalue weighted by molar-refractivity contribution is -0.116. The van der Waals surface area contributed by atoms with Crippen LogP contribution in [-0.2, 0) is 15.0 Å². The SMILES string of the molecule is CCNS(=O)(=O)NCCC(=O)Nc1cc(C)c(Cl)cc1OC. The van der Waals surface area contributed by atoms with Crippen molar-refractivity contribution >= 4 is 33.4 Å². The number of carbonyl (C=O) groups is 1. The van der Waals surface area contributed by atoms with Crippen molar-refractivity contribution in [2.45, 2.75) is 20.3 Å². The van der Waals surface area contributed by atoms with E-state index in [-0.39, 0.29) is 25.4 Å². The van der Waals surface area contributed by atoms with Crippen LogP contribution in [0, 0.1) is 6.92 Å². The van der Waals surface area contributed by atoms with Gasteiger partial charge in [0.25, 0.3) is 10.2 Å². The molecule has 0 aliphatic carbocycles.